The zero-order chi connectivity index (χ0) is 18.1. The number of carbonyl (C=O) groups is 1. The van der Waals surface area contributed by atoms with Crippen molar-refractivity contribution in [1.29, 1.82) is 0 Å². The van der Waals surface area contributed by atoms with Crippen LogP contribution in [0.5, 0.6) is 5.75 Å². The van der Waals surface area contributed by atoms with Crippen LogP contribution in [0, 0.1) is 5.92 Å². The lowest BCUT2D eigenvalue weighted by Crippen LogP contribution is -2.41. The molecule has 24 heavy (non-hydrogen) atoms. The Morgan fingerprint density at radius 1 is 1.33 bits per heavy atom. The Labute approximate surface area is 137 Å². The number of carbonyl (C=O) groups excluding carboxylic acids is 1. The number of anilines is 1. The number of halogens is 3. The van der Waals surface area contributed by atoms with Crippen LogP contribution in [0.4, 0.5) is 18.9 Å². The number of hydrogen-bond donors (Lipinski definition) is 1. The number of nitrogens with one attached hydrogen (secondary N) is 1. The average Bonchev–Trinajstić information content (AvgIpc) is 2.43. The molecule has 1 aliphatic rings. The molecule has 0 saturated heterocycles. The molecule has 0 saturated carbocycles. The van der Waals surface area contributed by atoms with Gasteiger partial charge in [0.05, 0.1) is 10.6 Å². The van der Waals surface area contributed by atoms with Gasteiger partial charge in [0.15, 0.2) is 6.61 Å². The summed E-state index contributed by atoms with van der Waals surface area (Å²) >= 11 is 0. The van der Waals surface area contributed by atoms with Crippen LogP contribution < -0.4 is 10.1 Å². The molecule has 1 N–H and O–H groups in total. The maximum Gasteiger partial charge on any atom is 0.402 e. The van der Waals surface area contributed by atoms with E-state index >= 15 is 0 Å². The van der Waals surface area contributed by atoms with Crippen LogP contribution in [0.3, 0.4) is 0 Å². The van der Waals surface area contributed by atoms with E-state index in [4.69, 9.17) is 4.74 Å². The van der Waals surface area contributed by atoms with E-state index in [0.717, 1.165) is 12.1 Å². The Morgan fingerprint density at radius 2 is 2.00 bits per heavy atom. The first-order valence-corrected chi connectivity index (χ1v) is 8.56. The number of rotatable bonds is 5. The van der Waals surface area contributed by atoms with Crippen LogP contribution in [-0.4, -0.2) is 44.5 Å². The molecule has 1 heterocycles. The zero-order valence-corrected chi connectivity index (χ0v) is 13.9. The maximum absolute atomic E-state index is 12.7. The van der Waals surface area contributed by atoms with Gasteiger partial charge < -0.3 is 10.1 Å². The summed E-state index contributed by atoms with van der Waals surface area (Å²) in [5.74, 6) is -0.492. The highest BCUT2D eigenvalue weighted by Crippen LogP contribution is 2.32. The highest BCUT2D eigenvalue weighted by Gasteiger charge is 2.37. The van der Waals surface area contributed by atoms with Crippen molar-refractivity contribution < 1.29 is 31.1 Å². The molecular weight excluding hydrogens is 349 g/mol. The van der Waals surface area contributed by atoms with Gasteiger partial charge in [-0.05, 0) is 24.1 Å². The normalized spacial score (nSPS) is 15.2. The number of nitrogens with zero attached hydrogens (tertiary/aromatic N) is 1. The number of ether oxygens (including phenoxy) is 1. The molecule has 0 aliphatic carbocycles. The maximum atomic E-state index is 12.7. The minimum Gasteiger partial charge on any atom is -0.482 e. The summed E-state index contributed by atoms with van der Waals surface area (Å²) in [6.07, 6.45) is -4.66. The van der Waals surface area contributed by atoms with Gasteiger partial charge in [-0.3, -0.25) is 4.79 Å². The largest absolute Gasteiger partial charge is 0.482 e. The van der Waals surface area contributed by atoms with Crippen LogP contribution in [0.1, 0.15) is 13.8 Å². The molecule has 1 aromatic rings. The van der Waals surface area contributed by atoms with E-state index in [1.165, 1.54) is 6.07 Å². The van der Waals surface area contributed by atoms with Crippen LogP contribution in [0.2, 0.25) is 0 Å². The van der Waals surface area contributed by atoms with Gasteiger partial charge in [0.1, 0.15) is 12.3 Å². The molecule has 0 radical (unpaired) electrons. The standard InChI is InChI=1S/C14H17F3N2O4S/c1-9(2)6-19(8-14(15,16)17)24(21,22)10-3-4-12-11(5-10)18-13(20)7-23-12/h3-5,9H,6-8H2,1-2H3,(H,18,20). The zero-order valence-electron chi connectivity index (χ0n) is 13.1. The number of amides is 1. The van der Waals surface area contributed by atoms with Crippen molar-refractivity contribution in [2.75, 3.05) is 25.0 Å². The van der Waals surface area contributed by atoms with Gasteiger partial charge >= 0.3 is 6.18 Å². The van der Waals surface area contributed by atoms with Gasteiger partial charge in [0, 0.05) is 6.54 Å². The molecule has 0 atom stereocenters. The first kappa shape index (κ1) is 18.5. The molecular formula is C14H17F3N2O4S. The molecule has 1 amide bonds. The van der Waals surface area contributed by atoms with Crippen LogP contribution >= 0.6 is 0 Å². The Morgan fingerprint density at radius 3 is 2.58 bits per heavy atom. The molecule has 1 aromatic carbocycles. The third-order valence-corrected chi connectivity index (χ3v) is 4.95. The molecule has 0 spiro atoms. The van der Waals surface area contributed by atoms with Crippen molar-refractivity contribution in [3.63, 3.8) is 0 Å². The molecule has 6 nitrogen and oxygen atoms in total. The van der Waals surface area contributed by atoms with Crippen molar-refractivity contribution in [3.05, 3.63) is 18.2 Å². The van der Waals surface area contributed by atoms with Crippen LogP contribution in [0.25, 0.3) is 0 Å². The number of benzene rings is 1. The minimum absolute atomic E-state index is 0.115. The van der Waals surface area contributed by atoms with E-state index in [9.17, 15) is 26.4 Å². The predicted molar refractivity (Wildman–Crippen MR) is 80.2 cm³/mol. The summed E-state index contributed by atoms with van der Waals surface area (Å²) < 4.78 is 68.9. The summed E-state index contributed by atoms with van der Waals surface area (Å²) in [6.45, 7) is 1.20. The van der Waals surface area contributed by atoms with Gasteiger partial charge in [-0.15, -0.1) is 0 Å². The smallest absolute Gasteiger partial charge is 0.402 e. The molecule has 1 aliphatic heterocycles. The monoisotopic (exact) mass is 366 g/mol. The lowest BCUT2D eigenvalue weighted by molar-refractivity contribution is -0.136. The van der Waals surface area contributed by atoms with Gasteiger partial charge in [-0.25, -0.2) is 8.42 Å². The predicted octanol–water partition coefficient (Wildman–Crippen LogP) is 2.23. The SMILES string of the molecule is CC(C)CN(CC(F)(F)F)S(=O)(=O)c1ccc2c(c1)NC(=O)CO2. The van der Waals surface area contributed by atoms with E-state index in [1.54, 1.807) is 13.8 Å². The van der Waals surface area contributed by atoms with Crippen molar-refractivity contribution >= 4 is 21.6 Å². The molecule has 134 valence electrons. The van der Waals surface area contributed by atoms with Gasteiger partial charge in [0.25, 0.3) is 5.91 Å². The van der Waals surface area contributed by atoms with Crippen molar-refractivity contribution in [2.45, 2.75) is 24.9 Å². The molecule has 0 bridgehead atoms. The molecule has 2 rings (SSSR count). The van der Waals surface area contributed by atoms with Crippen molar-refractivity contribution in [1.82, 2.24) is 4.31 Å². The third-order valence-electron chi connectivity index (χ3n) is 3.15. The number of hydrogen-bond acceptors (Lipinski definition) is 4. The fourth-order valence-electron chi connectivity index (χ4n) is 2.23. The first-order chi connectivity index (χ1) is 11.0. The summed E-state index contributed by atoms with van der Waals surface area (Å²) in [4.78, 5) is 11.0. The Balaban J connectivity index is 2.39. The Kier molecular flexibility index (Phi) is 5.09. The fourth-order valence-corrected chi connectivity index (χ4v) is 3.84. The van der Waals surface area contributed by atoms with Gasteiger partial charge in [-0.1, -0.05) is 13.8 Å². The number of sulfonamides is 1. The lowest BCUT2D eigenvalue weighted by atomic mass is 10.2. The highest BCUT2D eigenvalue weighted by molar-refractivity contribution is 7.89. The van der Waals surface area contributed by atoms with E-state index in [2.05, 4.69) is 5.32 Å². The van der Waals surface area contributed by atoms with Crippen LogP contribution in [-0.2, 0) is 14.8 Å². The Bertz CT molecular complexity index is 732. The molecule has 10 heteroatoms. The van der Waals surface area contributed by atoms with Gasteiger partial charge in [-0.2, -0.15) is 17.5 Å². The lowest BCUT2D eigenvalue weighted by Gasteiger charge is -2.26. The Hall–Kier alpha value is -1.81. The molecule has 0 unspecified atom stereocenters. The van der Waals surface area contributed by atoms with Crippen molar-refractivity contribution in [3.8, 4) is 5.75 Å². The third kappa shape index (κ3) is 4.38. The fraction of sp³-hybridized carbons (Fsp3) is 0.500. The second-order valence-corrected chi connectivity index (χ2v) is 7.74. The average molecular weight is 366 g/mol. The van der Waals surface area contributed by atoms with E-state index in [0.29, 0.717) is 4.31 Å². The van der Waals surface area contributed by atoms with Crippen LogP contribution in [0.15, 0.2) is 23.1 Å². The number of fused-ring (bicyclic) bond motifs is 1. The summed E-state index contributed by atoms with van der Waals surface area (Å²) in [6, 6.07) is 3.57. The highest BCUT2D eigenvalue weighted by atomic mass is 32.2. The summed E-state index contributed by atoms with van der Waals surface area (Å²) in [7, 11) is -4.37. The van der Waals surface area contributed by atoms with E-state index in [1.807, 2.05) is 0 Å². The summed E-state index contributed by atoms with van der Waals surface area (Å²) in [5.41, 5.74) is 0.115. The first-order valence-electron chi connectivity index (χ1n) is 7.12. The van der Waals surface area contributed by atoms with Crippen molar-refractivity contribution in [2.24, 2.45) is 5.92 Å². The van der Waals surface area contributed by atoms with E-state index in [-0.39, 0.29) is 35.4 Å². The second-order valence-electron chi connectivity index (χ2n) is 5.80. The second kappa shape index (κ2) is 6.60. The summed E-state index contributed by atoms with van der Waals surface area (Å²) in [5, 5.41) is 2.43. The minimum atomic E-state index is -4.66. The molecule has 0 aromatic heterocycles. The topological polar surface area (TPSA) is 75.7 Å². The number of alkyl halides is 3. The molecule has 0 fully saturated rings. The van der Waals surface area contributed by atoms with E-state index < -0.39 is 28.7 Å². The quantitative estimate of drug-likeness (QED) is 0.867. The van der Waals surface area contributed by atoms with Gasteiger partial charge in [0.2, 0.25) is 10.0 Å².